The second-order valence-corrected chi connectivity index (χ2v) is 9.58. The first kappa shape index (κ1) is 14.3. The van der Waals surface area contributed by atoms with Crippen molar-refractivity contribution in [3.8, 4) is 0 Å². The maximum absolute atomic E-state index is 7.88. The van der Waals surface area contributed by atoms with Crippen LogP contribution in [0.4, 0.5) is 0 Å². The standard InChI is InChI=1S/C3H8O.C3H7O.2CH3.Sn.H/c2*1-2-3-4;;;;/h4H,2-3H2,1H3;2-3H2,1H3;2*1H3;;/q;-1;;;+1;. The van der Waals surface area contributed by atoms with Crippen LogP contribution in [-0.4, -0.2) is 38.5 Å². The second kappa shape index (κ2) is 13.3. The van der Waals surface area contributed by atoms with Crippen molar-refractivity contribution in [2.45, 2.75) is 36.6 Å². The molecule has 1 N–H and O–H groups in total. The van der Waals surface area contributed by atoms with Crippen molar-refractivity contribution in [2.75, 3.05) is 13.2 Å². The third-order valence-electron chi connectivity index (χ3n) is 0.879. The van der Waals surface area contributed by atoms with Crippen molar-refractivity contribution < 1.29 is 8.18 Å². The zero-order valence-corrected chi connectivity index (χ0v) is 11.6. The number of aliphatic hydroxyl groups is 1. The summed E-state index contributed by atoms with van der Waals surface area (Å²) in [5.74, 6) is 0. The Hall–Kier alpha value is 0.719. The molecule has 0 radical (unpaired) electrons. The summed E-state index contributed by atoms with van der Waals surface area (Å²) < 4.78 is 5.40. The summed E-state index contributed by atoms with van der Waals surface area (Å²) >= 11 is -1.25. The normalized spacial score (nSPS) is 9.27. The molecule has 2 nitrogen and oxygen atoms in total. The topological polar surface area (TPSA) is 29.5 Å². The van der Waals surface area contributed by atoms with Gasteiger partial charge >= 0.3 is 53.1 Å². The van der Waals surface area contributed by atoms with E-state index < -0.39 is 20.2 Å². The minimum absolute atomic E-state index is 0.319. The number of rotatable bonds is 4. The maximum atomic E-state index is 7.88. The average Bonchev–Trinajstić information content (AvgIpc) is 2.01. The number of hydrogen-bond donors (Lipinski definition) is 1. The van der Waals surface area contributed by atoms with Gasteiger partial charge in [0, 0.05) is 6.61 Å². The molecule has 0 spiro atoms. The molecule has 0 aliphatic rings. The Kier molecular flexibility index (Phi) is 17.3. The molecule has 0 bridgehead atoms. The van der Waals surface area contributed by atoms with Crippen molar-refractivity contribution in [3.05, 3.63) is 0 Å². The molecule has 0 heterocycles. The van der Waals surface area contributed by atoms with Gasteiger partial charge in [-0.15, -0.1) is 0 Å². The Balaban J connectivity index is 0. The van der Waals surface area contributed by atoms with E-state index in [1.807, 2.05) is 6.92 Å². The third kappa shape index (κ3) is 24.9. The molecule has 0 aromatic carbocycles. The first-order valence-corrected chi connectivity index (χ1v) is 12.3. The van der Waals surface area contributed by atoms with Crippen molar-refractivity contribution in [2.24, 2.45) is 0 Å². The van der Waals surface area contributed by atoms with Gasteiger partial charge in [-0.05, 0) is 6.42 Å². The summed E-state index contributed by atoms with van der Waals surface area (Å²) in [6, 6.07) is 0. The van der Waals surface area contributed by atoms with Crippen LogP contribution < -0.4 is 0 Å². The van der Waals surface area contributed by atoms with E-state index >= 15 is 0 Å². The van der Waals surface area contributed by atoms with Gasteiger partial charge in [-0.1, -0.05) is 6.92 Å². The van der Waals surface area contributed by atoms with Gasteiger partial charge in [-0.3, -0.25) is 0 Å². The molecular formula is C8H22O2Sn. The van der Waals surface area contributed by atoms with Gasteiger partial charge in [-0.2, -0.15) is 0 Å². The monoisotopic (exact) mass is 270 g/mol. The van der Waals surface area contributed by atoms with Gasteiger partial charge in [0.25, 0.3) is 0 Å². The number of hydrogen-bond acceptors (Lipinski definition) is 2. The van der Waals surface area contributed by atoms with Crippen molar-refractivity contribution >= 4 is 20.2 Å². The predicted octanol–water partition coefficient (Wildman–Crippen LogP) is 1.79. The Morgan fingerprint density at radius 1 is 1.18 bits per heavy atom. The molecule has 0 saturated carbocycles. The van der Waals surface area contributed by atoms with E-state index in [-0.39, 0.29) is 0 Å². The van der Waals surface area contributed by atoms with Gasteiger partial charge in [0.2, 0.25) is 0 Å². The third-order valence-corrected chi connectivity index (χ3v) is 3.45. The van der Waals surface area contributed by atoms with Gasteiger partial charge in [-0.25, -0.2) is 0 Å². The molecule has 0 fully saturated rings. The fourth-order valence-corrected chi connectivity index (χ4v) is 2.37. The molecule has 70 valence electrons. The van der Waals surface area contributed by atoms with Gasteiger partial charge in [0.05, 0.1) is 0 Å². The molecule has 0 aliphatic heterocycles. The van der Waals surface area contributed by atoms with Crippen LogP contribution in [0.3, 0.4) is 0 Å². The van der Waals surface area contributed by atoms with Gasteiger partial charge in [0.1, 0.15) is 0 Å². The molecular weight excluding hydrogens is 247 g/mol. The van der Waals surface area contributed by atoms with Crippen LogP contribution in [0.15, 0.2) is 0 Å². The van der Waals surface area contributed by atoms with Gasteiger partial charge in [0.15, 0.2) is 0 Å². The molecule has 3 heteroatoms. The molecule has 0 saturated heterocycles. The van der Waals surface area contributed by atoms with E-state index in [1.165, 1.54) is 6.42 Å². The number of aliphatic hydroxyl groups excluding tert-OH is 1. The molecule has 0 unspecified atom stereocenters. The van der Waals surface area contributed by atoms with Crippen molar-refractivity contribution in [3.63, 3.8) is 0 Å². The van der Waals surface area contributed by atoms with Crippen LogP contribution in [-0.2, 0) is 3.07 Å². The fourth-order valence-electron chi connectivity index (χ4n) is 0.354. The van der Waals surface area contributed by atoms with Crippen LogP contribution in [0, 0.1) is 0 Å². The minimum atomic E-state index is -1.25. The molecule has 0 amide bonds. The summed E-state index contributed by atoms with van der Waals surface area (Å²) in [6.45, 7) is 5.39. The Labute approximate surface area is 78.2 Å². The molecule has 0 aromatic heterocycles. The Bertz CT molecular complexity index is 56.1. The quantitative estimate of drug-likeness (QED) is 0.788. The summed E-state index contributed by atoms with van der Waals surface area (Å²) in [5.41, 5.74) is 0. The first-order valence-electron chi connectivity index (χ1n) is 4.41. The first-order chi connectivity index (χ1) is 5.18. The van der Waals surface area contributed by atoms with E-state index in [4.69, 9.17) is 8.18 Å². The van der Waals surface area contributed by atoms with E-state index in [0.717, 1.165) is 13.0 Å². The average molecular weight is 269 g/mol. The summed E-state index contributed by atoms with van der Waals surface area (Å²) in [6.07, 6.45) is 2.05. The van der Waals surface area contributed by atoms with Gasteiger partial charge < -0.3 is 5.11 Å². The summed E-state index contributed by atoms with van der Waals surface area (Å²) in [5, 5.41) is 7.88. The predicted molar refractivity (Wildman–Crippen MR) is 52.5 cm³/mol. The van der Waals surface area contributed by atoms with Crippen molar-refractivity contribution in [1.29, 1.82) is 0 Å². The van der Waals surface area contributed by atoms with E-state index in [9.17, 15) is 0 Å². The fraction of sp³-hybridized carbons (Fsp3) is 1.00. The molecule has 11 heavy (non-hydrogen) atoms. The Morgan fingerprint density at radius 2 is 1.64 bits per heavy atom. The summed E-state index contributed by atoms with van der Waals surface area (Å²) in [7, 11) is 0. The SMILES string of the molecule is CCCO.CCC[O][SnH]([CH3])[CH3]. The van der Waals surface area contributed by atoms with Crippen LogP contribution in [0.5, 0.6) is 0 Å². The zero-order chi connectivity index (χ0) is 9.11. The summed E-state index contributed by atoms with van der Waals surface area (Å²) in [4.78, 5) is 4.52. The van der Waals surface area contributed by atoms with Crippen LogP contribution in [0.2, 0.25) is 9.88 Å². The zero-order valence-electron chi connectivity index (χ0n) is 8.26. The van der Waals surface area contributed by atoms with Crippen molar-refractivity contribution in [1.82, 2.24) is 0 Å². The van der Waals surface area contributed by atoms with E-state index in [0.29, 0.717) is 6.61 Å². The van der Waals surface area contributed by atoms with E-state index in [1.54, 1.807) is 0 Å². The molecule has 0 atom stereocenters. The second-order valence-electron chi connectivity index (χ2n) is 2.64. The Morgan fingerprint density at radius 3 is 1.73 bits per heavy atom. The van der Waals surface area contributed by atoms with E-state index in [2.05, 4.69) is 16.8 Å². The van der Waals surface area contributed by atoms with Crippen LogP contribution >= 0.6 is 0 Å². The molecule has 0 rings (SSSR count). The molecule has 0 aromatic rings. The molecule has 0 aliphatic carbocycles. The van der Waals surface area contributed by atoms with Crippen LogP contribution in [0.25, 0.3) is 0 Å². The van der Waals surface area contributed by atoms with Crippen LogP contribution in [0.1, 0.15) is 26.7 Å².